The van der Waals surface area contributed by atoms with E-state index in [1.54, 1.807) is 5.57 Å². The van der Waals surface area contributed by atoms with Crippen LogP contribution in [0.4, 0.5) is 11.4 Å². The van der Waals surface area contributed by atoms with E-state index in [0.29, 0.717) is 6.04 Å². The zero-order chi connectivity index (χ0) is 33.3. The molecule has 4 heterocycles. The van der Waals surface area contributed by atoms with E-state index in [0.717, 1.165) is 25.1 Å². The van der Waals surface area contributed by atoms with Gasteiger partial charge in [0.05, 0.1) is 11.5 Å². The first-order chi connectivity index (χ1) is 25.3. The third kappa shape index (κ3) is 3.47. The molecule has 7 aliphatic rings. The highest BCUT2D eigenvalue weighted by Gasteiger charge is 2.73. The maximum Gasteiger partial charge on any atom is 0.138 e. The van der Waals surface area contributed by atoms with E-state index in [9.17, 15) is 0 Å². The molecule has 3 nitrogen and oxygen atoms in total. The average molecular weight is 657 g/mol. The van der Waals surface area contributed by atoms with Crippen LogP contribution in [-0.2, 0) is 5.41 Å². The Hall–Kier alpha value is -5.64. The number of rotatable bonds is 3. The van der Waals surface area contributed by atoms with Crippen molar-refractivity contribution in [1.29, 1.82) is 0 Å². The molecule has 0 saturated carbocycles. The summed E-state index contributed by atoms with van der Waals surface area (Å²) in [6.07, 6.45) is 21.0. The van der Waals surface area contributed by atoms with Gasteiger partial charge in [-0.15, -0.1) is 0 Å². The van der Waals surface area contributed by atoms with Crippen LogP contribution in [0.1, 0.15) is 41.1 Å². The van der Waals surface area contributed by atoms with Gasteiger partial charge in [0.15, 0.2) is 0 Å². The van der Waals surface area contributed by atoms with Crippen LogP contribution in [0, 0.1) is 5.92 Å². The molecule has 0 radical (unpaired) electrons. The Morgan fingerprint density at radius 2 is 1.47 bits per heavy atom. The molecule has 1 saturated heterocycles. The molecule has 0 aromatic heterocycles. The van der Waals surface area contributed by atoms with Gasteiger partial charge in [-0.2, -0.15) is 0 Å². The van der Waals surface area contributed by atoms with Crippen molar-refractivity contribution in [2.75, 3.05) is 11.4 Å². The van der Waals surface area contributed by atoms with Gasteiger partial charge in [0, 0.05) is 35.0 Å². The summed E-state index contributed by atoms with van der Waals surface area (Å²) in [6, 6.07) is 43.0. The summed E-state index contributed by atoms with van der Waals surface area (Å²) in [5, 5.41) is 0. The van der Waals surface area contributed by atoms with E-state index < -0.39 is 0 Å². The Labute approximate surface area is 298 Å². The Kier molecular flexibility index (Phi) is 5.51. The van der Waals surface area contributed by atoms with E-state index in [2.05, 4.69) is 174 Å². The third-order valence-corrected chi connectivity index (χ3v) is 12.8. The second-order valence-corrected chi connectivity index (χ2v) is 15.0. The molecule has 3 aliphatic carbocycles. The fourth-order valence-corrected chi connectivity index (χ4v) is 10.8. The number of hydrogen-bond donors (Lipinski definition) is 0. The van der Waals surface area contributed by atoms with E-state index in [1.807, 2.05) is 0 Å². The van der Waals surface area contributed by atoms with Crippen molar-refractivity contribution in [2.45, 2.75) is 36.1 Å². The topological polar surface area (TPSA) is 15.5 Å². The van der Waals surface area contributed by atoms with Gasteiger partial charge < -0.3 is 9.64 Å². The summed E-state index contributed by atoms with van der Waals surface area (Å²) in [5.74, 6) is 1.19. The van der Waals surface area contributed by atoms with Crippen LogP contribution in [0.25, 0.3) is 27.8 Å². The first-order valence-corrected chi connectivity index (χ1v) is 18.5. The molecule has 12 rings (SSSR count). The molecule has 1 fully saturated rings. The predicted octanol–water partition coefficient (Wildman–Crippen LogP) is 10.7. The van der Waals surface area contributed by atoms with Gasteiger partial charge in [-0.25, -0.2) is 0 Å². The van der Waals surface area contributed by atoms with Crippen LogP contribution in [0.2, 0.25) is 0 Å². The molecule has 51 heavy (non-hydrogen) atoms. The molecule has 0 bridgehead atoms. The van der Waals surface area contributed by atoms with Gasteiger partial charge in [0.1, 0.15) is 17.5 Å². The summed E-state index contributed by atoms with van der Waals surface area (Å²) in [7, 11) is 0. The molecule has 4 aliphatic heterocycles. The summed E-state index contributed by atoms with van der Waals surface area (Å²) < 4.78 is 6.74. The Morgan fingerprint density at radius 3 is 2.37 bits per heavy atom. The van der Waals surface area contributed by atoms with Gasteiger partial charge in [-0.3, -0.25) is 4.90 Å². The van der Waals surface area contributed by atoms with E-state index in [-0.39, 0.29) is 23.1 Å². The smallest absolute Gasteiger partial charge is 0.138 e. The van der Waals surface area contributed by atoms with Gasteiger partial charge >= 0.3 is 0 Å². The number of nitrogens with zero attached hydrogens (tertiary/aromatic N) is 2. The molecule has 3 heteroatoms. The minimum Gasteiger partial charge on any atom is -0.485 e. The van der Waals surface area contributed by atoms with Gasteiger partial charge in [0.2, 0.25) is 0 Å². The molecule has 5 aromatic carbocycles. The van der Waals surface area contributed by atoms with Crippen molar-refractivity contribution in [1.82, 2.24) is 4.90 Å². The molecule has 244 valence electrons. The van der Waals surface area contributed by atoms with Crippen molar-refractivity contribution in [3.8, 4) is 28.0 Å². The maximum atomic E-state index is 6.74. The summed E-state index contributed by atoms with van der Waals surface area (Å²) in [5.41, 5.74) is 15.9. The summed E-state index contributed by atoms with van der Waals surface area (Å²) >= 11 is 0. The Balaban J connectivity index is 1.04. The molecule has 6 atom stereocenters. The zero-order valence-corrected chi connectivity index (χ0v) is 28.2. The molecule has 6 unspecified atom stereocenters. The normalized spacial score (nSPS) is 29.2. The predicted molar refractivity (Wildman–Crippen MR) is 206 cm³/mol. The number of hydrogen-bond acceptors (Lipinski definition) is 3. The van der Waals surface area contributed by atoms with Gasteiger partial charge in [0.25, 0.3) is 0 Å². The maximum absolute atomic E-state index is 6.74. The standard InChI is InChI=1S/C48H36N2O/c1-2-12-31(13-3-1)32-22-24-33(25-23-32)34-14-10-15-35(30-34)50-41-27-26-40-44(45(41)46-47(50)28-11-29-49(46)47)36-16-4-5-17-37(36)48(40)38-18-6-8-20-42(38)51-43-21-9-7-19-39(43)48/h1-3,5-15,17-28,30,38,42,46H,4,16,29H2. The van der Waals surface area contributed by atoms with Crippen LogP contribution in [-0.4, -0.2) is 23.2 Å². The van der Waals surface area contributed by atoms with E-state index in [1.165, 1.54) is 61.5 Å². The molecular weight excluding hydrogens is 621 g/mol. The van der Waals surface area contributed by atoms with Gasteiger partial charge in [-0.05, 0) is 93.8 Å². The number of anilines is 2. The minimum atomic E-state index is -0.293. The van der Waals surface area contributed by atoms with E-state index in [4.69, 9.17) is 4.74 Å². The monoisotopic (exact) mass is 656 g/mol. The number of fused-ring (bicyclic) bond motifs is 12. The van der Waals surface area contributed by atoms with Crippen LogP contribution in [0.5, 0.6) is 5.75 Å². The second kappa shape index (κ2) is 9.99. The molecule has 0 amide bonds. The molecular formula is C48H36N2O. The van der Waals surface area contributed by atoms with Crippen LogP contribution in [0.3, 0.4) is 0 Å². The SMILES string of the molecule is C1=CC2Oc3ccccc3C3(C4=C(CCC=C4)c4c3ccc3c4C4N5CC=CC45N3c3cccc(-c4ccc(-c5ccccc5)cc4)c3)C2C=C1. The van der Waals surface area contributed by atoms with Crippen LogP contribution < -0.4 is 9.64 Å². The number of allylic oxidation sites excluding steroid dienone is 6. The molecule has 5 aromatic rings. The fourth-order valence-electron chi connectivity index (χ4n) is 10.8. The quantitative estimate of drug-likeness (QED) is 0.142. The largest absolute Gasteiger partial charge is 0.485 e. The lowest BCUT2D eigenvalue weighted by atomic mass is 9.59. The van der Waals surface area contributed by atoms with Crippen LogP contribution in [0.15, 0.2) is 169 Å². The lowest BCUT2D eigenvalue weighted by Crippen LogP contribution is -2.48. The fraction of sp³-hybridized carbons (Fsp3) is 0.167. The van der Waals surface area contributed by atoms with Crippen molar-refractivity contribution in [2.24, 2.45) is 5.92 Å². The highest BCUT2D eigenvalue weighted by atomic mass is 16.5. The summed E-state index contributed by atoms with van der Waals surface area (Å²) in [6.45, 7) is 0.983. The molecule has 0 N–H and O–H groups in total. The van der Waals surface area contributed by atoms with Crippen molar-refractivity contribution < 1.29 is 4.74 Å². The Bertz CT molecular complexity index is 2470. The summed E-state index contributed by atoms with van der Waals surface area (Å²) in [4.78, 5) is 5.36. The number of ether oxygens (including phenoxy) is 1. The first-order valence-electron chi connectivity index (χ1n) is 18.5. The minimum absolute atomic E-state index is 0.00694. The van der Waals surface area contributed by atoms with Gasteiger partial charge in [-0.1, -0.05) is 127 Å². The molecule has 2 spiro atoms. The number of benzene rings is 5. The lowest BCUT2D eigenvalue weighted by Gasteiger charge is -2.48. The first kappa shape index (κ1) is 28.1. The van der Waals surface area contributed by atoms with Crippen LogP contribution >= 0.6 is 0 Å². The number of para-hydroxylation sites is 1. The Morgan fingerprint density at radius 1 is 0.686 bits per heavy atom. The van der Waals surface area contributed by atoms with Crippen molar-refractivity contribution in [3.63, 3.8) is 0 Å². The van der Waals surface area contributed by atoms with E-state index >= 15 is 0 Å². The highest BCUT2D eigenvalue weighted by Crippen LogP contribution is 2.73. The third-order valence-electron chi connectivity index (χ3n) is 12.8. The van der Waals surface area contributed by atoms with Crippen molar-refractivity contribution in [3.05, 3.63) is 192 Å². The lowest BCUT2D eigenvalue weighted by molar-refractivity contribution is 0.140. The highest BCUT2D eigenvalue weighted by molar-refractivity contribution is 5.95. The van der Waals surface area contributed by atoms with Crippen molar-refractivity contribution >= 4 is 16.9 Å². The zero-order valence-electron chi connectivity index (χ0n) is 28.2. The second-order valence-electron chi connectivity index (χ2n) is 15.0. The average Bonchev–Trinajstić information content (AvgIpc) is 3.45.